The number of rotatable bonds is 4. The van der Waals surface area contributed by atoms with E-state index in [2.05, 4.69) is 70.2 Å². The Morgan fingerprint density at radius 1 is 0.792 bits per heavy atom. The second-order valence-corrected chi connectivity index (χ2v) is 12.1. The van der Waals surface area contributed by atoms with E-state index in [1.807, 2.05) is 18.5 Å². The molecule has 13 nitrogen and oxygen atoms in total. The number of hydrogen-bond acceptors (Lipinski definition) is 9. The summed E-state index contributed by atoms with van der Waals surface area (Å²) < 4.78 is 97.7. The first-order valence-electron chi connectivity index (χ1n) is 15.4. The van der Waals surface area contributed by atoms with Gasteiger partial charge in [0, 0.05) is 62.3 Å². The zero-order valence-electron chi connectivity index (χ0n) is 28.6. The summed E-state index contributed by atoms with van der Waals surface area (Å²) in [5.74, 6) is -6.30. The highest BCUT2D eigenvalue weighted by Gasteiger charge is 2.46. The highest BCUT2D eigenvalue weighted by Crippen LogP contribution is 2.43. The van der Waals surface area contributed by atoms with Gasteiger partial charge in [0.05, 0.1) is 17.1 Å². The Balaban J connectivity index is 0.000000379. The number of fused-ring (bicyclic) bond motifs is 2. The average molecular weight is 774 g/mol. The zero-order valence-corrected chi connectivity index (χ0v) is 28.6. The van der Waals surface area contributed by atoms with E-state index < -0.39 is 36.4 Å². The van der Waals surface area contributed by atoms with Crippen LogP contribution in [0.3, 0.4) is 0 Å². The Bertz CT molecular complexity index is 1630. The minimum atomic E-state index is -5.08. The first-order valence-corrected chi connectivity index (χ1v) is 15.4. The van der Waals surface area contributed by atoms with Crippen molar-refractivity contribution in [3.05, 3.63) is 65.3 Å². The van der Waals surface area contributed by atoms with Crippen LogP contribution >= 0.6 is 0 Å². The fourth-order valence-corrected chi connectivity index (χ4v) is 5.63. The highest BCUT2D eigenvalue weighted by atomic mass is 19.4. The molecule has 0 bridgehead atoms. The van der Waals surface area contributed by atoms with Gasteiger partial charge in [0.1, 0.15) is 5.82 Å². The van der Waals surface area contributed by atoms with Crippen molar-refractivity contribution in [3.8, 4) is 0 Å². The summed E-state index contributed by atoms with van der Waals surface area (Å²) in [6.07, 6.45) is -9.47. The maximum atomic E-state index is 10.6. The van der Waals surface area contributed by atoms with Crippen molar-refractivity contribution in [3.63, 3.8) is 0 Å². The van der Waals surface area contributed by atoms with Crippen LogP contribution in [-0.4, -0.2) is 101 Å². The first kappa shape index (κ1) is 44.1. The fourth-order valence-electron chi connectivity index (χ4n) is 5.63. The smallest absolute Gasteiger partial charge is 0.475 e. The third-order valence-corrected chi connectivity index (χ3v) is 7.72. The minimum absolute atomic E-state index is 0.0631. The van der Waals surface area contributed by atoms with Crippen molar-refractivity contribution in [2.75, 3.05) is 24.5 Å². The van der Waals surface area contributed by atoms with Crippen molar-refractivity contribution >= 4 is 23.9 Å². The van der Waals surface area contributed by atoms with E-state index in [0.717, 1.165) is 68.7 Å². The topological polar surface area (TPSA) is 175 Å². The predicted molar refractivity (Wildman–Crippen MR) is 167 cm³/mol. The molecular formula is C31H36F9N7O6. The molecule has 0 saturated carbocycles. The standard InChI is InChI=1S/C25H33N7.3C2HF3O2/c1-18(2)32-20(4)29-23-22(32)16-30(15-21-8-5-7-19(3)28-21)17-25(23)9-13-31(14-10-25)24-26-11-6-12-27-24;3*3-2(4,5)1(6)7/h5-8,11-12,18H,9-10,13-17H2,1-4H3;3*(H,6,7). The molecule has 1 saturated heterocycles. The molecule has 3 N–H and O–H groups in total. The molecule has 0 amide bonds. The number of halogens is 9. The van der Waals surface area contributed by atoms with E-state index in [4.69, 9.17) is 39.7 Å². The highest BCUT2D eigenvalue weighted by molar-refractivity contribution is 5.73. The Kier molecular flexibility index (Phi) is 14.7. The summed E-state index contributed by atoms with van der Waals surface area (Å²) in [6, 6.07) is 8.61. The van der Waals surface area contributed by atoms with Gasteiger partial charge in [-0.2, -0.15) is 39.5 Å². The van der Waals surface area contributed by atoms with Crippen molar-refractivity contribution in [2.45, 2.75) is 83.6 Å². The van der Waals surface area contributed by atoms with Gasteiger partial charge in [-0.3, -0.25) is 9.88 Å². The molecule has 22 heteroatoms. The molecule has 3 aromatic heterocycles. The molecule has 2 aliphatic rings. The SMILES string of the molecule is Cc1cccc(CN2Cc3c(nc(C)n3C(C)C)C3(CCN(c4ncccn4)CC3)C2)n1.O=C(O)C(F)(F)F.O=C(O)C(F)(F)F.O=C(O)C(F)(F)F. The van der Waals surface area contributed by atoms with Gasteiger partial charge in [0.25, 0.3) is 0 Å². The molecule has 294 valence electrons. The maximum Gasteiger partial charge on any atom is 0.490 e. The van der Waals surface area contributed by atoms with Crippen molar-refractivity contribution in [1.29, 1.82) is 0 Å². The monoisotopic (exact) mass is 773 g/mol. The summed E-state index contributed by atoms with van der Waals surface area (Å²) in [5, 5.41) is 21.4. The van der Waals surface area contributed by atoms with E-state index in [0.29, 0.717) is 6.04 Å². The molecule has 2 aliphatic heterocycles. The molecular weight excluding hydrogens is 737 g/mol. The number of pyridine rings is 1. The Labute approximate surface area is 296 Å². The predicted octanol–water partition coefficient (Wildman–Crippen LogP) is 5.72. The number of nitrogens with zero attached hydrogens (tertiary/aromatic N) is 7. The molecule has 1 fully saturated rings. The van der Waals surface area contributed by atoms with Gasteiger partial charge in [0.2, 0.25) is 5.95 Å². The molecule has 5 rings (SSSR count). The van der Waals surface area contributed by atoms with Crippen LogP contribution in [0.2, 0.25) is 0 Å². The maximum absolute atomic E-state index is 10.6. The Hall–Kier alpha value is -5.02. The summed E-state index contributed by atoms with van der Waals surface area (Å²) in [6.45, 7) is 13.5. The molecule has 3 aromatic rings. The number of hydrogen-bond donors (Lipinski definition) is 3. The zero-order chi connectivity index (χ0) is 40.5. The number of carboxylic acids is 3. The van der Waals surface area contributed by atoms with Gasteiger partial charge in [-0.15, -0.1) is 0 Å². The van der Waals surface area contributed by atoms with Crippen LogP contribution in [0.15, 0.2) is 36.7 Å². The number of piperidine rings is 1. The number of aliphatic carboxylic acids is 3. The van der Waals surface area contributed by atoms with Gasteiger partial charge in [0.15, 0.2) is 0 Å². The van der Waals surface area contributed by atoms with Gasteiger partial charge in [-0.25, -0.2) is 29.3 Å². The number of carboxylic acid groups (broad SMARTS) is 3. The number of anilines is 1. The molecule has 1 spiro atoms. The number of carbonyl (C=O) groups is 3. The molecule has 5 heterocycles. The van der Waals surface area contributed by atoms with Gasteiger partial charge in [-0.05, 0) is 58.7 Å². The lowest BCUT2D eigenvalue weighted by atomic mass is 9.72. The van der Waals surface area contributed by atoms with E-state index in [1.165, 1.54) is 11.4 Å². The Morgan fingerprint density at radius 2 is 1.26 bits per heavy atom. The van der Waals surface area contributed by atoms with Crippen molar-refractivity contribution in [1.82, 2.24) is 29.4 Å². The number of imidazole rings is 1. The number of aryl methyl sites for hydroxylation is 2. The van der Waals surface area contributed by atoms with Crippen LogP contribution in [0.5, 0.6) is 0 Å². The van der Waals surface area contributed by atoms with Crippen molar-refractivity contribution in [2.24, 2.45) is 0 Å². The molecule has 0 atom stereocenters. The van der Waals surface area contributed by atoms with Crippen molar-refractivity contribution < 1.29 is 69.2 Å². The van der Waals surface area contributed by atoms with Crippen LogP contribution in [0.1, 0.15) is 61.3 Å². The molecule has 53 heavy (non-hydrogen) atoms. The van der Waals surface area contributed by atoms with E-state index in [9.17, 15) is 39.5 Å². The number of aromatic nitrogens is 5. The summed E-state index contributed by atoms with van der Waals surface area (Å²) >= 11 is 0. The largest absolute Gasteiger partial charge is 0.490 e. The second kappa shape index (κ2) is 17.7. The van der Waals surface area contributed by atoms with E-state index in [-0.39, 0.29) is 5.41 Å². The van der Waals surface area contributed by atoms with Gasteiger partial charge in [-0.1, -0.05) is 6.07 Å². The van der Waals surface area contributed by atoms with Crippen LogP contribution in [-0.2, 0) is 32.9 Å². The third kappa shape index (κ3) is 12.9. The van der Waals surface area contributed by atoms with E-state index >= 15 is 0 Å². The normalized spacial score (nSPS) is 15.5. The van der Waals surface area contributed by atoms with Crippen LogP contribution < -0.4 is 4.90 Å². The van der Waals surface area contributed by atoms with Crippen LogP contribution in [0.4, 0.5) is 45.5 Å². The molecule has 0 unspecified atom stereocenters. The van der Waals surface area contributed by atoms with Gasteiger partial charge >= 0.3 is 36.4 Å². The summed E-state index contributed by atoms with van der Waals surface area (Å²) in [4.78, 5) is 50.5. The molecule has 0 aliphatic carbocycles. The second-order valence-electron chi connectivity index (χ2n) is 12.1. The van der Waals surface area contributed by atoms with Crippen LogP contribution in [0.25, 0.3) is 0 Å². The lowest BCUT2D eigenvalue weighted by Gasteiger charge is -2.47. The average Bonchev–Trinajstić information content (AvgIpc) is 3.38. The lowest BCUT2D eigenvalue weighted by molar-refractivity contribution is -0.193. The molecule has 0 aromatic carbocycles. The quantitative estimate of drug-likeness (QED) is 0.276. The third-order valence-electron chi connectivity index (χ3n) is 7.72. The van der Waals surface area contributed by atoms with Crippen LogP contribution in [0, 0.1) is 13.8 Å². The lowest BCUT2D eigenvalue weighted by Crippen LogP contribution is -2.52. The first-order chi connectivity index (χ1) is 24.3. The van der Waals surface area contributed by atoms with E-state index in [1.54, 1.807) is 0 Å². The summed E-state index contributed by atoms with van der Waals surface area (Å²) in [7, 11) is 0. The van der Waals surface area contributed by atoms with Gasteiger partial charge < -0.3 is 24.8 Å². The number of alkyl halides is 9. The Morgan fingerprint density at radius 3 is 1.68 bits per heavy atom. The minimum Gasteiger partial charge on any atom is -0.475 e. The fraction of sp³-hybridized carbons (Fsp3) is 0.516. The summed E-state index contributed by atoms with van der Waals surface area (Å²) in [5.41, 5.74) is 5.00. The molecule has 0 radical (unpaired) electrons.